The van der Waals surface area contributed by atoms with Crippen LogP contribution < -0.4 is 20.3 Å². The van der Waals surface area contributed by atoms with Crippen molar-refractivity contribution in [3.8, 4) is 5.75 Å². The Labute approximate surface area is 172 Å². The van der Waals surface area contributed by atoms with Crippen LogP contribution in [0.3, 0.4) is 0 Å². The second-order valence-corrected chi connectivity index (χ2v) is 7.51. The first-order chi connectivity index (χ1) is 14.2. The Morgan fingerprint density at radius 2 is 2.14 bits per heavy atom. The van der Waals surface area contributed by atoms with E-state index in [4.69, 9.17) is 9.47 Å². The maximum absolute atomic E-state index is 5.97. The van der Waals surface area contributed by atoms with Gasteiger partial charge in [0.05, 0.1) is 19.3 Å². The van der Waals surface area contributed by atoms with Crippen LogP contribution in [-0.4, -0.2) is 56.4 Å². The van der Waals surface area contributed by atoms with Crippen molar-refractivity contribution in [3.63, 3.8) is 0 Å². The fraction of sp³-hybridized carbons (Fsp3) is 0.455. The zero-order valence-corrected chi connectivity index (χ0v) is 17.1. The van der Waals surface area contributed by atoms with Crippen molar-refractivity contribution in [2.45, 2.75) is 32.1 Å². The van der Waals surface area contributed by atoms with Gasteiger partial charge in [-0.05, 0) is 30.2 Å². The topological polar surface area (TPSA) is 71.0 Å². The average Bonchev–Trinajstić information content (AvgIpc) is 3.17. The molecule has 29 heavy (non-hydrogen) atoms. The fourth-order valence-corrected chi connectivity index (χ4v) is 3.72. The molecule has 0 bridgehead atoms. The van der Waals surface area contributed by atoms with Crippen molar-refractivity contribution in [1.29, 1.82) is 0 Å². The monoisotopic (exact) mass is 395 g/mol. The number of hydrogen-bond acceptors (Lipinski definition) is 5. The van der Waals surface area contributed by atoms with Crippen molar-refractivity contribution in [2.75, 3.05) is 38.2 Å². The molecule has 4 rings (SSSR count). The second-order valence-electron chi connectivity index (χ2n) is 7.51. The summed E-state index contributed by atoms with van der Waals surface area (Å²) in [5.74, 6) is 2.75. The molecule has 154 valence electrons. The normalized spacial score (nSPS) is 21.4. The van der Waals surface area contributed by atoms with Crippen LogP contribution in [0.15, 0.2) is 47.6 Å². The molecule has 2 aliphatic heterocycles. The van der Waals surface area contributed by atoms with E-state index in [0.29, 0.717) is 13.1 Å². The van der Waals surface area contributed by atoms with Crippen molar-refractivity contribution in [3.05, 3.63) is 53.7 Å². The van der Waals surface area contributed by atoms with Gasteiger partial charge in [-0.1, -0.05) is 24.3 Å². The Morgan fingerprint density at radius 1 is 1.24 bits per heavy atom. The number of anilines is 1. The summed E-state index contributed by atoms with van der Waals surface area (Å²) < 4.78 is 11.6. The molecule has 2 aliphatic rings. The highest BCUT2D eigenvalue weighted by Crippen LogP contribution is 2.27. The highest BCUT2D eigenvalue weighted by Gasteiger charge is 2.22. The molecule has 1 fully saturated rings. The predicted octanol–water partition coefficient (Wildman–Crippen LogP) is 1.98. The molecule has 3 heterocycles. The molecule has 2 atom stereocenters. The van der Waals surface area contributed by atoms with E-state index in [9.17, 15) is 0 Å². The van der Waals surface area contributed by atoms with E-state index >= 15 is 0 Å². The predicted molar refractivity (Wildman–Crippen MR) is 115 cm³/mol. The number of ether oxygens (including phenoxy) is 2. The first kappa shape index (κ1) is 19.5. The number of morpholine rings is 1. The van der Waals surface area contributed by atoms with E-state index in [1.807, 2.05) is 18.3 Å². The summed E-state index contributed by atoms with van der Waals surface area (Å²) in [4.78, 5) is 11.2. The fourth-order valence-electron chi connectivity index (χ4n) is 3.72. The summed E-state index contributed by atoms with van der Waals surface area (Å²) in [5.41, 5.74) is 2.38. The standard InChI is InChI=1S/C22H29N5O2/c1-16-15-27(9-10-28-16)21-8-7-17(12-24-21)13-25-22(23-2)26-14-19-11-18-5-3-4-6-20(18)29-19/h3-8,12,16,19H,9-11,13-15H2,1-2H3,(H2,23,25,26). The van der Waals surface area contributed by atoms with Crippen molar-refractivity contribution >= 4 is 11.8 Å². The third-order valence-electron chi connectivity index (χ3n) is 5.27. The van der Waals surface area contributed by atoms with Crippen LogP contribution in [0.1, 0.15) is 18.1 Å². The highest BCUT2D eigenvalue weighted by atomic mass is 16.5. The number of benzene rings is 1. The average molecular weight is 396 g/mol. The zero-order valence-electron chi connectivity index (χ0n) is 17.1. The molecular formula is C22H29N5O2. The number of rotatable bonds is 5. The number of hydrogen-bond donors (Lipinski definition) is 2. The molecule has 0 saturated carbocycles. The number of nitrogens with one attached hydrogen (secondary N) is 2. The summed E-state index contributed by atoms with van der Waals surface area (Å²) >= 11 is 0. The van der Waals surface area contributed by atoms with E-state index < -0.39 is 0 Å². The van der Waals surface area contributed by atoms with Gasteiger partial charge in [0.25, 0.3) is 0 Å². The largest absolute Gasteiger partial charge is 0.488 e. The lowest BCUT2D eigenvalue weighted by Crippen LogP contribution is -2.42. The van der Waals surface area contributed by atoms with Crippen LogP contribution in [-0.2, 0) is 17.7 Å². The van der Waals surface area contributed by atoms with Gasteiger partial charge in [0, 0.05) is 39.3 Å². The van der Waals surface area contributed by atoms with Crippen LogP contribution in [0, 0.1) is 0 Å². The van der Waals surface area contributed by atoms with E-state index in [1.165, 1.54) is 5.56 Å². The lowest BCUT2D eigenvalue weighted by Gasteiger charge is -2.32. The van der Waals surface area contributed by atoms with Gasteiger partial charge >= 0.3 is 0 Å². The second kappa shape index (κ2) is 9.13. The van der Waals surface area contributed by atoms with Gasteiger partial charge in [-0.25, -0.2) is 4.98 Å². The minimum Gasteiger partial charge on any atom is -0.488 e. The van der Waals surface area contributed by atoms with Crippen LogP contribution in [0.4, 0.5) is 5.82 Å². The van der Waals surface area contributed by atoms with Crippen molar-refractivity contribution in [2.24, 2.45) is 4.99 Å². The van der Waals surface area contributed by atoms with Crippen LogP contribution >= 0.6 is 0 Å². The van der Waals surface area contributed by atoms with Crippen LogP contribution in [0.2, 0.25) is 0 Å². The van der Waals surface area contributed by atoms with E-state index in [1.54, 1.807) is 7.05 Å². The molecule has 0 aliphatic carbocycles. The molecule has 2 N–H and O–H groups in total. The molecule has 1 aromatic heterocycles. The number of fused-ring (bicyclic) bond motifs is 1. The minimum atomic E-state index is 0.128. The lowest BCUT2D eigenvalue weighted by molar-refractivity contribution is 0.0529. The first-order valence-electron chi connectivity index (χ1n) is 10.2. The van der Waals surface area contributed by atoms with Gasteiger partial charge in [0.1, 0.15) is 17.7 Å². The Hall–Kier alpha value is -2.80. The van der Waals surface area contributed by atoms with Gasteiger partial charge in [-0.3, -0.25) is 4.99 Å². The van der Waals surface area contributed by atoms with Gasteiger partial charge in [0.2, 0.25) is 0 Å². The molecule has 7 heteroatoms. The van der Waals surface area contributed by atoms with Crippen LogP contribution in [0.5, 0.6) is 5.75 Å². The number of aliphatic imine (C=N–C) groups is 1. The van der Waals surface area contributed by atoms with Crippen LogP contribution in [0.25, 0.3) is 0 Å². The summed E-state index contributed by atoms with van der Waals surface area (Å²) in [6, 6.07) is 12.4. The summed E-state index contributed by atoms with van der Waals surface area (Å²) in [6.45, 7) is 5.99. The van der Waals surface area contributed by atoms with Gasteiger partial charge in [-0.2, -0.15) is 0 Å². The van der Waals surface area contributed by atoms with Crippen molar-refractivity contribution < 1.29 is 9.47 Å². The Kier molecular flexibility index (Phi) is 6.14. The number of para-hydroxylation sites is 1. The molecule has 0 spiro atoms. The number of aromatic nitrogens is 1. The Morgan fingerprint density at radius 3 is 2.90 bits per heavy atom. The first-order valence-corrected chi connectivity index (χ1v) is 10.2. The smallest absolute Gasteiger partial charge is 0.191 e. The number of guanidine groups is 1. The summed E-state index contributed by atoms with van der Waals surface area (Å²) in [7, 11) is 1.78. The lowest BCUT2D eigenvalue weighted by atomic mass is 10.1. The quantitative estimate of drug-likeness (QED) is 0.596. The van der Waals surface area contributed by atoms with Gasteiger partial charge < -0.3 is 25.0 Å². The van der Waals surface area contributed by atoms with E-state index in [2.05, 4.69) is 56.7 Å². The molecule has 0 amide bonds. The van der Waals surface area contributed by atoms with E-state index in [-0.39, 0.29) is 12.2 Å². The summed E-state index contributed by atoms with van der Waals surface area (Å²) in [6.07, 6.45) is 3.22. The van der Waals surface area contributed by atoms with E-state index in [0.717, 1.165) is 49.2 Å². The third-order valence-corrected chi connectivity index (χ3v) is 5.27. The zero-order chi connectivity index (χ0) is 20.1. The Bertz CT molecular complexity index is 814. The maximum atomic E-state index is 5.97. The molecule has 1 saturated heterocycles. The van der Waals surface area contributed by atoms with Crippen molar-refractivity contribution in [1.82, 2.24) is 15.6 Å². The summed E-state index contributed by atoms with van der Waals surface area (Å²) in [5, 5.41) is 6.70. The SMILES string of the molecule is CN=C(NCc1ccc(N2CCOC(C)C2)nc1)NCC1Cc2ccccc2O1. The van der Waals surface area contributed by atoms with Gasteiger partial charge in [-0.15, -0.1) is 0 Å². The Balaban J connectivity index is 1.23. The number of pyridine rings is 1. The van der Waals surface area contributed by atoms with Gasteiger partial charge in [0.15, 0.2) is 5.96 Å². The highest BCUT2D eigenvalue weighted by molar-refractivity contribution is 5.79. The third kappa shape index (κ3) is 4.98. The molecule has 2 unspecified atom stereocenters. The molecule has 1 aromatic carbocycles. The molecule has 2 aromatic rings. The molecule has 0 radical (unpaired) electrons. The molecule has 7 nitrogen and oxygen atoms in total. The number of nitrogens with zero attached hydrogens (tertiary/aromatic N) is 3. The maximum Gasteiger partial charge on any atom is 0.191 e. The molecular weight excluding hydrogens is 366 g/mol. The minimum absolute atomic E-state index is 0.128.